The molecular formula is C28H30N2O3S. The van der Waals surface area contributed by atoms with Gasteiger partial charge in [-0.3, -0.25) is 4.79 Å². The predicted octanol–water partition coefficient (Wildman–Crippen LogP) is 6.61. The third-order valence-corrected chi connectivity index (χ3v) is 7.68. The molecule has 1 N–H and O–H groups in total. The van der Waals surface area contributed by atoms with Gasteiger partial charge in [-0.05, 0) is 78.1 Å². The van der Waals surface area contributed by atoms with Crippen LogP contribution in [-0.2, 0) is 19.4 Å². The summed E-state index contributed by atoms with van der Waals surface area (Å²) in [6.07, 6.45) is 2.95. The maximum atomic E-state index is 12.9. The summed E-state index contributed by atoms with van der Waals surface area (Å²) in [5.41, 5.74) is 3.50. The molecule has 1 aromatic heterocycles. The molecule has 0 aliphatic heterocycles. The Morgan fingerprint density at radius 1 is 1.12 bits per heavy atom. The summed E-state index contributed by atoms with van der Waals surface area (Å²) in [7, 11) is 1.63. The van der Waals surface area contributed by atoms with Crippen molar-refractivity contribution < 1.29 is 14.3 Å². The summed E-state index contributed by atoms with van der Waals surface area (Å²) in [5.74, 6) is 1.91. The fourth-order valence-electron chi connectivity index (χ4n) is 4.30. The monoisotopic (exact) mass is 474 g/mol. The molecule has 0 radical (unpaired) electrons. The number of hydrogen-bond donors (Lipinski definition) is 1. The van der Waals surface area contributed by atoms with Crippen molar-refractivity contribution in [2.24, 2.45) is 11.3 Å². The van der Waals surface area contributed by atoms with Crippen LogP contribution in [0.5, 0.6) is 11.5 Å². The van der Waals surface area contributed by atoms with E-state index in [9.17, 15) is 10.1 Å². The van der Waals surface area contributed by atoms with E-state index in [4.69, 9.17) is 9.47 Å². The maximum Gasteiger partial charge on any atom is 0.256 e. The Hall–Kier alpha value is -3.30. The van der Waals surface area contributed by atoms with Crippen molar-refractivity contribution in [2.75, 3.05) is 12.4 Å². The molecule has 1 atom stereocenters. The van der Waals surface area contributed by atoms with Gasteiger partial charge in [0.1, 0.15) is 29.2 Å². The van der Waals surface area contributed by atoms with Crippen molar-refractivity contribution >= 4 is 22.2 Å². The van der Waals surface area contributed by atoms with Crippen LogP contribution in [0.2, 0.25) is 0 Å². The number of nitriles is 1. The van der Waals surface area contributed by atoms with E-state index < -0.39 is 0 Å². The van der Waals surface area contributed by atoms with E-state index in [2.05, 4.69) is 32.2 Å². The van der Waals surface area contributed by atoms with E-state index in [1.54, 1.807) is 30.6 Å². The fourth-order valence-corrected chi connectivity index (χ4v) is 5.57. The first-order chi connectivity index (χ1) is 16.3. The number of benzene rings is 2. The zero-order valence-corrected chi connectivity index (χ0v) is 20.9. The molecular weight excluding hydrogens is 444 g/mol. The van der Waals surface area contributed by atoms with E-state index in [0.717, 1.165) is 41.9 Å². The molecule has 0 spiro atoms. The zero-order valence-electron chi connectivity index (χ0n) is 20.1. The first-order valence-corrected chi connectivity index (χ1v) is 12.3. The molecule has 0 bridgehead atoms. The molecule has 2 aromatic carbocycles. The zero-order chi connectivity index (χ0) is 24.3. The lowest BCUT2D eigenvalue weighted by Crippen LogP contribution is -2.26. The molecule has 0 saturated heterocycles. The summed E-state index contributed by atoms with van der Waals surface area (Å²) in [6, 6.07) is 17.1. The van der Waals surface area contributed by atoms with Gasteiger partial charge in [-0.2, -0.15) is 5.26 Å². The number of fused-ring (bicyclic) bond motifs is 1. The van der Waals surface area contributed by atoms with Crippen molar-refractivity contribution in [3.05, 3.63) is 75.7 Å². The molecule has 6 heteroatoms. The van der Waals surface area contributed by atoms with Crippen molar-refractivity contribution in [1.82, 2.24) is 0 Å². The number of methoxy groups -OCH3 is 1. The second-order valence-electron chi connectivity index (χ2n) is 9.74. The minimum Gasteiger partial charge on any atom is -0.497 e. The summed E-state index contributed by atoms with van der Waals surface area (Å²) in [4.78, 5) is 14.2. The summed E-state index contributed by atoms with van der Waals surface area (Å²) in [6.45, 7) is 7.22. The Kier molecular flexibility index (Phi) is 6.95. The Morgan fingerprint density at radius 2 is 1.79 bits per heavy atom. The second kappa shape index (κ2) is 9.90. The number of amides is 1. The minimum atomic E-state index is -0.204. The van der Waals surface area contributed by atoms with Crippen LogP contribution in [0.25, 0.3) is 0 Å². The maximum absolute atomic E-state index is 12.9. The number of carbonyl (C=O) groups is 1. The standard InChI is InChI=1S/C28H30N2O3S/c1-28(2,3)20-9-14-23-24(16-29)27(34-25(23)15-20)30-26(31)19-7-5-18(6-8-19)17-33-22-12-10-21(32-4)11-13-22/h5-8,10-13,20H,9,14-15,17H2,1-4H3,(H,30,31). The van der Waals surface area contributed by atoms with Gasteiger partial charge in [0.15, 0.2) is 0 Å². The number of hydrogen-bond acceptors (Lipinski definition) is 5. The molecule has 1 heterocycles. The number of anilines is 1. The van der Waals surface area contributed by atoms with E-state index in [1.807, 2.05) is 36.4 Å². The molecule has 34 heavy (non-hydrogen) atoms. The van der Waals surface area contributed by atoms with Gasteiger partial charge in [0.05, 0.1) is 12.7 Å². The van der Waals surface area contributed by atoms with Crippen molar-refractivity contribution in [3.8, 4) is 17.6 Å². The fraction of sp³-hybridized carbons (Fsp3) is 0.357. The average Bonchev–Trinajstić information content (AvgIpc) is 3.18. The Balaban J connectivity index is 1.41. The highest BCUT2D eigenvalue weighted by Gasteiger charge is 2.32. The van der Waals surface area contributed by atoms with E-state index in [1.165, 1.54) is 4.88 Å². The van der Waals surface area contributed by atoms with Crippen LogP contribution in [0.4, 0.5) is 5.00 Å². The Labute approximate surface area is 205 Å². The molecule has 0 fully saturated rings. The second-order valence-corrected chi connectivity index (χ2v) is 10.8. The summed E-state index contributed by atoms with van der Waals surface area (Å²) in [5, 5.41) is 13.4. The quantitative estimate of drug-likeness (QED) is 0.436. The first-order valence-electron chi connectivity index (χ1n) is 11.5. The topological polar surface area (TPSA) is 71.3 Å². The highest BCUT2D eigenvalue weighted by atomic mass is 32.1. The van der Waals surface area contributed by atoms with Crippen LogP contribution in [0.15, 0.2) is 48.5 Å². The predicted molar refractivity (Wildman–Crippen MR) is 136 cm³/mol. The van der Waals surface area contributed by atoms with Crippen LogP contribution in [-0.4, -0.2) is 13.0 Å². The smallest absolute Gasteiger partial charge is 0.256 e. The summed E-state index contributed by atoms with van der Waals surface area (Å²) >= 11 is 1.56. The molecule has 1 aliphatic carbocycles. The first kappa shape index (κ1) is 23.8. The number of rotatable bonds is 6. The van der Waals surface area contributed by atoms with Crippen LogP contribution in [0.3, 0.4) is 0 Å². The van der Waals surface area contributed by atoms with Crippen molar-refractivity contribution in [2.45, 2.75) is 46.6 Å². The SMILES string of the molecule is COc1ccc(OCc2ccc(C(=O)Nc3sc4c(c3C#N)CCC(C(C)(C)C)C4)cc2)cc1. The van der Waals surface area contributed by atoms with Crippen LogP contribution in [0.1, 0.15) is 59.1 Å². The van der Waals surface area contributed by atoms with E-state index >= 15 is 0 Å². The van der Waals surface area contributed by atoms with E-state index in [0.29, 0.717) is 28.7 Å². The number of nitrogens with zero attached hydrogens (tertiary/aromatic N) is 1. The van der Waals surface area contributed by atoms with Gasteiger partial charge in [0, 0.05) is 10.4 Å². The third-order valence-electron chi connectivity index (χ3n) is 6.51. The van der Waals surface area contributed by atoms with Gasteiger partial charge in [-0.15, -0.1) is 11.3 Å². The summed E-state index contributed by atoms with van der Waals surface area (Å²) < 4.78 is 11.0. The van der Waals surface area contributed by atoms with Gasteiger partial charge in [0.25, 0.3) is 5.91 Å². The largest absolute Gasteiger partial charge is 0.497 e. The lowest BCUT2D eigenvalue weighted by molar-refractivity contribution is 0.102. The molecule has 1 aliphatic rings. The minimum absolute atomic E-state index is 0.204. The van der Waals surface area contributed by atoms with Gasteiger partial charge < -0.3 is 14.8 Å². The van der Waals surface area contributed by atoms with Crippen molar-refractivity contribution in [3.63, 3.8) is 0 Å². The molecule has 1 unspecified atom stereocenters. The molecule has 3 aromatic rings. The van der Waals surface area contributed by atoms with Crippen LogP contribution < -0.4 is 14.8 Å². The number of nitrogens with one attached hydrogen (secondary N) is 1. The molecule has 176 valence electrons. The molecule has 0 saturated carbocycles. The molecule has 4 rings (SSSR count). The van der Waals surface area contributed by atoms with Crippen LogP contribution >= 0.6 is 11.3 Å². The van der Waals surface area contributed by atoms with Crippen LogP contribution in [0, 0.1) is 22.7 Å². The third kappa shape index (κ3) is 5.26. The lowest BCUT2D eigenvalue weighted by atomic mass is 9.72. The van der Waals surface area contributed by atoms with Gasteiger partial charge >= 0.3 is 0 Å². The van der Waals surface area contributed by atoms with Gasteiger partial charge in [0.2, 0.25) is 0 Å². The van der Waals surface area contributed by atoms with Gasteiger partial charge in [-0.25, -0.2) is 0 Å². The normalized spacial score (nSPS) is 15.2. The molecule has 5 nitrogen and oxygen atoms in total. The average molecular weight is 475 g/mol. The number of carbonyl (C=O) groups excluding carboxylic acids is 1. The number of ether oxygens (including phenoxy) is 2. The van der Waals surface area contributed by atoms with Crippen molar-refractivity contribution in [1.29, 1.82) is 5.26 Å². The highest BCUT2D eigenvalue weighted by molar-refractivity contribution is 7.16. The Bertz CT molecular complexity index is 1200. The Morgan fingerprint density at radius 3 is 2.41 bits per heavy atom. The van der Waals surface area contributed by atoms with E-state index in [-0.39, 0.29) is 11.3 Å². The highest BCUT2D eigenvalue weighted by Crippen LogP contribution is 2.44. The lowest BCUT2D eigenvalue weighted by Gasteiger charge is -2.33. The number of thiophene rings is 1. The molecule has 1 amide bonds. The van der Waals surface area contributed by atoms with Gasteiger partial charge in [-0.1, -0.05) is 32.9 Å².